The summed E-state index contributed by atoms with van der Waals surface area (Å²) in [6, 6.07) is 12.9. The molecule has 0 spiro atoms. The molecule has 0 atom stereocenters. The number of aromatic nitrogens is 1. The van der Waals surface area contributed by atoms with Crippen molar-refractivity contribution in [2.75, 3.05) is 13.1 Å². The van der Waals surface area contributed by atoms with Gasteiger partial charge in [0.2, 0.25) is 0 Å². The molecule has 1 amide bonds. The van der Waals surface area contributed by atoms with E-state index in [1.807, 2.05) is 23.1 Å². The van der Waals surface area contributed by atoms with Gasteiger partial charge in [0.15, 0.2) is 0 Å². The highest BCUT2D eigenvalue weighted by Gasteiger charge is 2.26. The Bertz CT molecular complexity index is 895. The Hall–Kier alpha value is -2.27. The molecule has 0 N–H and O–H groups in total. The van der Waals surface area contributed by atoms with Crippen LogP contribution >= 0.6 is 11.3 Å². The fourth-order valence-electron chi connectivity index (χ4n) is 3.30. The minimum Gasteiger partial charge on any atom is -0.339 e. The van der Waals surface area contributed by atoms with E-state index < -0.39 is 0 Å². The number of carbonyl (C=O) groups excluding carboxylic acids is 1. The van der Waals surface area contributed by atoms with Crippen molar-refractivity contribution in [3.05, 3.63) is 64.4 Å². The third-order valence-corrected chi connectivity index (χ3v) is 6.06. The molecule has 0 aliphatic carbocycles. The van der Waals surface area contributed by atoms with Crippen LogP contribution in [-0.2, 0) is 0 Å². The molecule has 4 rings (SSSR count). The molecule has 3 aromatic rings. The third kappa shape index (κ3) is 3.16. The molecule has 0 bridgehead atoms. The monoisotopic (exact) mass is 354 g/mol. The van der Waals surface area contributed by atoms with Gasteiger partial charge >= 0.3 is 0 Å². The molecule has 0 unspecified atom stereocenters. The summed E-state index contributed by atoms with van der Waals surface area (Å²) in [4.78, 5) is 19.2. The van der Waals surface area contributed by atoms with Crippen molar-refractivity contribution in [2.24, 2.45) is 0 Å². The van der Waals surface area contributed by atoms with Gasteiger partial charge in [-0.25, -0.2) is 9.37 Å². The van der Waals surface area contributed by atoms with Gasteiger partial charge in [-0.05, 0) is 49.6 Å². The number of piperidine rings is 1. The first kappa shape index (κ1) is 16.2. The van der Waals surface area contributed by atoms with E-state index in [2.05, 4.69) is 6.07 Å². The van der Waals surface area contributed by atoms with Crippen molar-refractivity contribution in [3.8, 4) is 0 Å². The largest absolute Gasteiger partial charge is 0.339 e. The number of likely N-dealkylation sites (tertiary alicyclic amines) is 1. The zero-order valence-corrected chi connectivity index (χ0v) is 14.9. The van der Waals surface area contributed by atoms with Gasteiger partial charge < -0.3 is 4.90 Å². The number of aryl methyl sites for hydroxylation is 1. The van der Waals surface area contributed by atoms with E-state index in [0.717, 1.165) is 23.4 Å². The van der Waals surface area contributed by atoms with E-state index in [4.69, 9.17) is 4.98 Å². The highest BCUT2D eigenvalue weighted by Crippen LogP contribution is 2.34. The van der Waals surface area contributed by atoms with Crippen LogP contribution in [0.2, 0.25) is 0 Å². The molecule has 1 aromatic heterocycles. The van der Waals surface area contributed by atoms with Crippen molar-refractivity contribution in [1.29, 1.82) is 0 Å². The Labute approximate surface area is 150 Å². The quantitative estimate of drug-likeness (QED) is 0.664. The second-order valence-electron chi connectivity index (χ2n) is 6.55. The maximum atomic E-state index is 13.7. The van der Waals surface area contributed by atoms with Crippen molar-refractivity contribution < 1.29 is 9.18 Å². The van der Waals surface area contributed by atoms with Crippen LogP contribution in [0.1, 0.15) is 39.7 Å². The smallest absolute Gasteiger partial charge is 0.253 e. The SMILES string of the molecule is Cc1ccc(C(=O)N2CCC(c3nc4ccccc4s3)CC2)cc1F. The van der Waals surface area contributed by atoms with Crippen LogP contribution in [0.15, 0.2) is 42.5 Å². The van der Waals surface area contributed by atoms with Gasteiger partial charge in [-0.3, -0.25) is 4.79 Å². The van der Waals surface area contributed by atoms with Crippen LogP contribution in [0, 0.1) is 12.7 Å². The van der Waals surface area contributed by atoms with E-state index in [1.54, 1.807) is 30.4 Å². The Balaban J connectivity index is 1.45. The molecule has 128 valence electrons. The molecule has 5 heteroatoms. The average Bonchev–Trinajstić information content (AvgIpc) is 3.08. The second kappa shape index (κ2) is 6.56. The van der Waals surface area contributed by atoms with Gasteiger partial charge in [0.05, 0.1) is 15.2 Å². The first-order valence-electron chi connectivity index (χ1n) is 8.53. The van der Waals surface area contributed by atoms with Crippen molar-refractivity contribution in [2.45, 2.75) is 25.7 Å². The minimum atomic E-state index is -0.324. The summed E-state index contributed by atoms with van der Waals surface area (Å²) in [6.07, 6.45) is 1.81. The van der Waals surface area contributed by atoms with Crippen molar-refractivity contribution in [3.63, 3.8) is 0 Å². The number of para-hydroxylation sites is 1. The topological polar surface area (TPSA) is 33.2 Å². The number of amides is 1. The van der Waals surface area contributed by atoms with Crippen LogP contribution in [0.3, 0.4) is 0 Å². The first-order valence-corrected chi connectivity index (χ1v) is 9.34. The molecule has 1 fully saturated rings. The summed E-state index contributed by atoms with van der Waals surface area (Å²) in [5.41, 5.74) is 2.05. The van der Waals surface area contributed by atoms with Crippen LogP contribution in [0.25, 0.3) is 10.2 Å². The molecular weight excluding hydrogens is 335 g/mol. The zero-order valence-electron chi connectivity index (χ0n) is 14.0. The van der Waals surface area contributed by atoms with E-state index >= 15 is 0 Å². The van der Waals surface area contributed by atoms with E-state index in [0.29, 0.717) is 30.1 Å². The summed E-state index contributed by atoms with van der Waals surface area (Å²) in [5.74, 6) is -0.00642. The van der Waals surface area contributed by atoms with Gasteiger partial charge in [0.1, 0.15) is 5.82 Å². The van der Waals surface area contributed by atoms with Crippen LogP contribution in [0.5, 0.6) is 0 Å². The standard InChI is InChI=1S/C20H19FN2OS/c1-13-6-7-15(12-16(13)21)20(24)23-10-8-14(9-11-23)19-22-17-4-2-3-5-18(17)25-19/h2-7,12,14H,8-11H2,1H3. The third-order valence-electron chi connectivity index (χ3n) is 4.86. The van der Waals surface area contributed by atoms with Gasteiger partial charge in [0.25, 0.3) is 5.91 Å². The number of hydrogen-bond donors (Lipinski definition) is 0. The predicted octanol–water partition coefficient (Wildman–Crippen LogP) is 4.76. The fraction of sp³-hybridized carbons (Fsp3) is 0.300. The zero-order chi connectivity index (χ0) is 17.4. The summed E-state index contributed by atoms with van der Waals surface area (Å²) < 4.78 is 14.9. The van der Waals surface area contributed by atoms with Gasteiger partial charge in [-0.15, -0.1) is 11.3 Å². The predicted molar refractivity (Wildman–Crippen MR) is 98.6 cm³/mol. The Morgan fingerprint density at radius 1 is 1.20 bits per heavy atom. The van der Waals surface area contributed by atoms with Crippen LogP contribution < -0.4 is 0 Å². The molecule has 1 saturated heterocycles. The minimum absolute atomic E-state index is 0.0818. The molecule has 2 aromatic carbocycles. The van der Waals surface area contributed by atoms with Gasteiger partial charge in [-0.2, -0.15) is 0 Å². The number of benzene rings is 2. The van der Waals surface area contributed by atoms with Gasteiger partial charge in [-0.1, -0.05) is 18.2 Å². The number of nitrogens with zero attached hydrogens (tertiary/aromatic N) is 2. The van der Waals surface area contributed by atoms with E-state index in [-0.39, 0.29) is 11.7 Å². The lowest BCUT2D eigenvalue weighted by Crippen LogP contribution is -2.37. The highest BCUT2D eigenvalue weighted by atomic mass is 32.1. The maximum absolute atomic E-state index is 13.7. The summed E-state index contributed by atoms with van der Waals surface area (Å²) in [7, 11) is 0. The van der Waals surface area contributed by atoms with E-state index in [9.17, 15) is 9.18 Å². The average molecular weight is 354 g/mol. The summed E-state index contributed by atoms with van der Waals surface area (Å²) >= 11 is 1.75. The molecule has 0 saturated carbocycles. The molecular formula is C20H19FN2OS. The number of fused-ring (bicyclic) bond motifs is 1. The summed E-state index contributed by atoms with van der Waals surface area (Å²) in [5, 5.41) is 1.16. The number of carbonyl (C=O) groups is 1. The molecule has 25 heavy (non-hydrogen) atoms. The Kier molecular flexibility index (Phi) is 4.25. The van der Waals surface area contributed by atoms with E-state index in [1.165, 1.54) is 10.8 Å². The number of thiazole rings is 1. The lowest BCUT2D eigenvalue weighted by atomic mass is 9.97. The normalized spacial score (nSPS) is 15.7. The Morgan fingerprint density at radius 3 is 2.68 bits per heavy atom. The maximum Gasteiger partial charge on any atom is 0.253 e. The van der Waals surface area contributed by atoms with Crippen LogP contribution in [-0.4, -0.2) is 28.9 Å². The first-order chi connectivity index (χ1) is 12.1. The van der Waals surface area contributed by atoms with Crippen molar-refractivity contribution >= 4 is 27.5 Å². The number of halogens is 1. The molecule has 1 aliphatic heterocycles. The second-order valence-corrected chi connectivity index (χ2v) is 7.61. The fourth-order valence-corrected chi connectivity index (χ4v) is 4.44. The lowest BCUT2D eigenvalue weighted by Gasteiger charge is -2.31. The number of rotatable bonds is 2. The Morgan fingerprint density at radius 2 is 1.96 bits per heavy atom. The molecule has 1 aliphatic rings. The summed E-state index contributed by atoms with van der Waals surface area (Å²) in [6.45, 7) is 3.08. The molecule has 0 radical (unpaired) electrons. The van der Waals surface area contributed by atoms with Crippen LogP contribution in [0.4, 0.5) is 4.39 Å². The highest BCUT2D eigenvalue weighted by molar-refractivity contribution is 7.18. The van der Waals surface area contributed by atoms with Gasteiger partial charge in [0, 0.05) is 24.6 Å². The number of hydrogen-bond acceptors (Lipinski definition) is 3. The van der Waals surface area contributed by atoms with Crippen molar-refractivity contribution in [1.82, 2.24) is 9.88 Å². The lowest BCUT2D eigenvalue weighted by molar-refractivity contribution is 0.0712. The molecule has 2 heterocycles. The molecule has 3 nitrogen and oxygen atoms in total.